The van der Waals surface area contributed by atoms with Crippen LogP contribution in [0.3, 0.4) is 0 Å². The van der Waals surface area contributed by atoms with Gasteiger partial charge in [0.1, 0.15) is 0 Å². The Bertz CT molecular complexity index is 769. The van der Waals surface area contributed by atoms with Crippen LogP contribution in [0.25, 0.3) is 0 Å². The summed E-state index contributed by atoms with van der Waals surface area (Å²) < 4.78 is 1.01. The summed E-state index contributed by atoms with van der Waals surface area (Å²) >= 11 is 0. The molecule has 0 aliphatic heterocycles. The summed E-state index contributed by atoms with van der Waals surface area (Å²) in [4.78, 5) is 16.2. The molecule has 0 unspecified atom stereocenters. The van der Waals surface area contributed by atoms with E-state index in [4.69, 9.17) is 5.73 Å². The van der Waals surface area contributed by atoms with Crippen LogP contribution in [0.5, 0.6) is 0 Å². The Labute approximate surface area is 126 Å². The second-order valence-electron chi connectivity index (χ2n) is 4.49. The van der Waals surface area contributed by atoms with Crippen LogP contribution >= 0.6 is 0 Å². The highest BCUT2D eigenvalue weighted by Gasteiger charge is 2.14. The van der Waals surface area contributed by atoms with Gasteiger partial charge in [-0.05, 0) is 24.3 Å². The average Bonchev–Trinajstić information content (AvgIpc) is 2.90. The van der Waals surface area contributed by atoms with Gasteiger partial charge in [-0.3, -0.25) is 0 Å². The van der Waals surface area contributed by atoms with Crippen molar-refractivity contribution in [2.24, 2.45) is 0 Å². The number of hydrogen-bond acceptors (Lipinski definition) is 5. The highest BCUT2D eigenvalue weighted by atomic mass is 16.2. The van der Waals surface area contributed by atoms with Gasteiger partial charge in [-0.2, -0.15) is 4.98 Å². The van der Waals surface area contributed by atoms with E-state index in [1.165, 1.54) is 0 Å². The average molecular weight is 294 g/mol. The van der Waals surface area contributed by atoms with Crippen LogP contribution in [0.15, 0.2) is 60.7 Å². The van der Waals surface area contributed by atoms with E-state index in [2.05, 4.69) is 20.7 Å². The number of amides is 1. The van der Waals surface area contributed by atoms with E-state index < -0.39 is 6.03 Å². The van der Waals surface area contributed by atoms with Crippen LogP contribution in [0, 0.1) is 0 Å². The van der Waals surface area contributed by atoms with Crippen molar-refractivity contribution in [3.8, 4) is 0 Å². The van der Waals surface area contributed by atoms with Gasteiger partial charge in [0.15, 0.2) is 0 Å². The first-order valence-electron chi connectivity index (χ1n) is 6.63. The second-order valence-corrected chi connectivity index (χ2v) is 4.49. The number of para-hydroxylation sites is 2. The molecule has 0 aliphatic rings. The Balaban J connectivity index is 1.76. The molecule has 0 radical (unpaired) electrons. The summed E-state index contributed by atoms with van der Waals surface area (Å²) in [7, 11) is 0. The van der Waals surface area contributed by atoms with Gasteiger partial charge in [0.05, 0.1) is 0 Å². The fraction of sp³-hybridized carbons (Fsp3) is 0. The normalized spacial score (nSPS) is 10.2. The van der Waals surface area contributed by atoms with Crippen molar-refractivity contribution in [1.82, 2.24) is 14.8 Å². The predicted octanol–water partition coefficient (Wildman–Crippen LogP) is 2.68. The molecule has 2 aromatic carbocycles. The van der Waals surface area contributed by atoms with Crippen molar-refractivity contribution >= 4 is 29.3 Å². The molecule has 0 aliphatic carbocycles. The first-order chi connectivity index (χ1) is 10.7. The SMILES string of the molecule is Nc1nc(Nc2ccccc2)nn1C(=O)Nc1ccccc1. The fourth-order valence-corrected chi connectivity index (χ4v) is 1.88. The van der Waals surface area contributed by atoms with Gasteiger partial charge >= 0.3 is 6.03 Å². The van der Waals surface area contributed by atoms with Gasteiger partial charge in [-0.15, -0.1) is 9.78 Å². The number of benzene rings is 2. The first kappa shape index (κ1) is 13.6. The van der Waals surface area contributed by atoms with E-state index in [-0.39, 0.29) is 11.9 Å². The molecule has 3 rings (SSSR count). The molecule has 0 saturated carbocycles. The molecule has 7 nitrogen and oxygen atoms in total. The lowest BCUT2D eigenvalue weighted by atomic mass is 10.3. The second kappa shape index (κ2) is 5.96. The number of nitrogens with zero attached hydrogens (tertiary/aromatic N) is 3. The van der Waals surface area contributed by atoms with Gasteiger partial charge in [0.2, 0.25) is 11.9 Å². The van der Waals surface area contributed by atoms with Crippen molar-refractivity contribution in [3.63, 3.8) is 0 Å². The predicted molar refractivity (Wildman–Crippen MR) is 85.0 cm³/mol. The maximum absolute atomic E-state index is 12.1. The van der Waals surface area contributed by atoms with E-state index >= 15 is 0 Å². The largest absolute Gasteiger partial charge is 0.368 e. The number of rotatable bonds is 3. The molecule has 0 fully saturated rings. The van der Waals surface area contributed by atoms with Crippen LogP contribution in [-0.4, -0.2) is 20.8 Å². The molecule has 1 amide bonds. The number of carbonyl (C=O) groups is 1. The van der Waals surface area contributed by atoms with Gasteiger partial charge in [-0.25, -0.2) is 4.79 Å². The molecular weight excluding hydrogens is 280 g/mol. The van der Waals surface area contributed by atoms with Crippen molar-refractivity contribution in [1.29, 1.82) is 0 Å². The Morgan fingerprint density at radius 3 is 2.18 bits per heavy atom. The van der Waals surface area contributed by atoms with Crippen molar-refractivity contribution in [3.05, 3.63) is 60.7 Å². The highest BCUT2D eigenvalue weighted by Crippen LogP contribution is 2.14. The maximum atomic E-state index is 12.1. The number of anilines is 4. The Morgan fingerprint density at radius 1 is 0.955 bits per heavy atom. The summed E-state index contributed by atoms with van der Waals surface area (Å²) in [5, 5.41) is 9.73. The quantitative estimate of drug-likeness (QED) is 0.690. The number of nitrogen functional groups attached to an aromatic ring is 1. The summed E-state index contributed by atoms with van der Waals surface area (Å²) in [6.07, 6.45) is 0. The van der Waals surface area contributed by atoms with Crippen molar-refractivity contribution in [2.45, 2.75) is 0 Å². The van der Waals surface area contributed by atoms with Gasteiger partial charge < -0.3 is 16.4 Å². The van der Waals surface area contributed by atoms with E-state index in [1.807, 2.05) is 48.5 Å². The summed E-state index contributed by atoms with van der Waals surface area (Å²) in [6.45, 7) is 0. The third kappa shape index (κ3) is 3.04. The zero-order valence-electron chi connectivity index (χ0n) is 11.6. The number of carbonyl (C=O) groups excluding carboxylic acids is 1. The Morgan fingerprint density at radius 2 is 1.55 bits per heavy atom. The summed E-state index contributed by atoms with van der Waals surface area (Å²) in [5.74, 6) is 0.263. The fourth-order valence-electron chi connectivity index (χ4n) is 1.88. The first-order valence-corrected chi connectivity index (χ1v) is 6.63. The maximum Gasteiger partial charge on any atom is 0.349 e. The zero-order chi connectivity index (χ0) is 15.4. The van der Waals surface area contributed by atoms with Crippen molar-refractivity contribution in [2.75, 3.05) is 16.4 Å². The number of nitrogens with two attached hydrogens (primary N) is 1. The van der Waals surface area contributed by atoms with Crippen LogP contribution in [0.4, 0.5) is 28.1 Å². The lowest BCUT2D eigenvalue weighted by molar-refractivity contribution is 0.251. The summed E-state index contributed by atoms with van der Waals surface area (Å²) in [6, 6.07) is 18.0. The topological polar surface area (TPSA) is 97.9 Å². The highest BCUT2D eigenvalue weighted by molar-refractivity contribution is 5.92. The zero-order valence-corrected chi connectivity index (χ0v) is 11.6. The van der Waals surface area contributed by atoms with E-state index in [0.29, 0.717) is 5.69 Å². The molecule has 0 spiro atoms. The number of nitrogens with one attached hydrogen (secondary N) is 2. The monoisotopic (exact) mass is 294 g/mol. The molecule has 7 heteroatoms. The number of hydrogen-bond donors (Lipinski definition) is 3. The van der Waals surface area contributed by atoms with Crippen LogP contribution in [-0.2, 0) is 0 Å². The smallest absolute Gasteiger partial charge is 0.349 e. The van der Waals surface area contributed by atoms with Crippen LogP contribution < -0.4 is 16.4 Å². The Kier molecular flexibility index (Phi) is 3.69. The minimum absolute atomic E-state index is 0.00635. The van der Waals surface area contributed by atoms with Crippen LogP contribution in [0.1, 0.15) is 0 Å². The minimum Gasteiger partial charge on any atom is -0.368 e. The number of aromatic nitrogens is 3. The lowest BCUT2D eigenvalue weighted by Crippen LogP contribution is -2.22. The van der Waals surface area contributed by atoms with E-state index in [9.17, 15) is 4.79 Å². The molecule has 4 N–H and O–H groups in total. The molecule has 22 heavy (non-hydrogen) atoms. The molecule has 0 atom stereocenters. The van der Waals surface area contributed by atoms with Crippen LogP contribution in [0.2, 0.25) is 0 Å². The Hall–Kier alpha value is -3.35. The molecule has 1 heterocycles. The minimum atomic E-state index is -0.475. The lowest BCUT2D eigenvalue weighted by Gasteiger charge is -2.04. The van der Waals surface area contributed by atoms with Gasteiger partial charge in [0.25, 0.3) is 0 Å². The molecule has 0 saturated heterocycles. The third-order valence-electron chi connectivity index (χ3n) is 2.88. The van der Waals surface area contributed by atoms with E-state index in [0.717, 1.165) is 10.4 Å². The van der Waals surface area contributed by atoms with Gasteiger partial charge in [0, 0.05) is 11.4 Å². The molecule has 1 aromatic heterocycles. The third-order valence-corrected chi connectivity index (χ3v) is 2.88. The standard InChI is InChI=1S/C15H14N6O/c16-13-19-14(17-11-7-3-1-4-8-11)20-21(13)15(22)18-12-9-5-2-6-10-12/h1-10H,(H,18,22)(H3,16,17,19,20). The van der Waals surface area contributed by atoms with E-state index in [1.54, 1.807) is 12.1 Å². The summed E-state index contributed by atoms with van der Waals surface area (Å²) in [5.41, 5.74) is 7.20. The molecule has 110 valence electrons. The molecular formula is C15H14N6O. The molecule has 0 bridgehead atoms. The molecule has 3 aromatic rings. The van der Waals surface area contributed by atoms with Crippen molar-refractivity contribution < 1.29 is 4.79 Å². The van der Waals surface area contributed by atoms with Gasteiger partial charge in [-0.1, -0.05) is 36.4 Å².